The van der Waals surface area contributed by atoms with Crippen molar-refractivity contribution in [2.45, 2.75) is 25.7 Å². The van der Waals surface area contributed by atoms with E-state index in [9.17, 15) is 4.79 Å². The van der Waals surface area contributed by atoms with Crippen LogP contribution in [0.5, 0.6) is 0 Å². The maximum absolute atomic E-state index is 11.4. The van der Waals surface area contributed by atoms with Gasteiger partial charge in [-0.25, -0.2) is 4.79 Å². The van der Waals surface area contributed by atoms with E-state index < -0.39 is 5.97 Å². The molecule has 0 saturated carbocycles. The number of hydrogen-bond acceptors (Lipinski definition) is 4. The molecule has 1 unspecified atom stereocenters. The summed E-state index contributed by atoms with van der Waals surface area (Å²) in [6, 6.07) is 7.98. The van der Waals surface area contributed by atoms with Gasteiger partial charge in [-0.05, 0) is 61.4 Å². The van der Waals surface area contributed by atoms with Gasteiger partial charge in [0.05, 0.1) is 12.8 Å². The molecule has 0 amide bonds. The molecule has 0 radical (unpaired) electrons. The lowest BCUT2D eigenvalue weighted by atomic mass is 9.96. The number of benzene rings is 1. The van der Waals surface area contributed by atoms with Crippen molar-refractivity contribution < 1.29 is 9.53 Å². The van der Waals surface area contributed by atoms with Gasteiger partial charge in [-0.2, -0.15) is 0 Å². The van der Waals surface area contributed by atoms with E-state index in [0.29, 0.717) is 5.92 Å². The molecule has 0 spiro atoms. The number of carbonyl (C=O) groups excluding carboxylic acids is 1. The first kappa shape index (κ1) is 21.6. The highest BCUT2D eigenvalue weighted by molar-refractivity contribution is 6.30. The lowest BCUT2D eigenvalue weighted by Gasteiger charge is -2.09. The quantitative estimate of drug-likeness (QED) is 0.252. The van der Waals surface area contributed by atoms with Crippen molar-refractivity contribution in [3.8, 4) is 0 Å². The van der Waals surface area contributed by atoms with E-state index in [4.69, 9.17) is 11.6 Å². The van der Waals surface area contributed by atoms with Gasteiger partial charge in [0.1, 0.15) is 0 Å². The summed E-state index contributed by atoms with van der Waals surface area (Å²) in [6.07, 6.45) is 16.0. The second-order valence-corrected chi connectivity index (χ2v) is 6.77. The van der Waals surface area contributed by atoms with Crippen molar-refractivity contribution in [2.24, 2.45) is 15.9 Å². The average molecular weight is 397 g/mol. The summed E-state index contributed by atoms with van der Waals surface area (Å²) < 4.78 is 4.67. The minimum atomic E-state index is -0.411. The lowest BCUT2D eigenvalue weighted by Crippen LogP contribution is -2.03. The number of ether oxygens (including phenoxy) is 1. The Balaban J connectivity index is 2.06. The summed E-state index contributed by atoms with van der Waals surface area (Å²) >= 11 is 5.95. The minimum Gasteiger partial charge on any atom is -0.466 e. The van der Waals surface area contributed by atoms with E-state index in [0.717, 1.165) is 42.0 Å². The Morgan fingerprint density at radius 1 is 1.36 bits per heavy atom. The zero-order valence-corrected chi connectivity index (χ0v) is 16.8. The number of hydrogen-bond donors (Lipinski definition) is 0. The molecule has 0 fully saturated rings. The fourth-order valence-corrected chi connectivity index (χ4v) is 2.92. The fourth-order valence-electron chi connectivity index (χ4n) is 2.80. The van der Waals surface area contributed by atoms with Crippen LogP contribution in [0.3, 0.4) is 0 Å². The van der Waals surface area contributed by atoms with E-state index in [-0.39, 0.29) is 0 Å². The molecule has 1 aromatic rings. The van der Waals surface area contributed by atoms with Crippen LogP contribution < -0.4 is 0 Å². The topological polar surface area (TPSA) is 51.0 Å². The molecular formula is C23H25ClN2O2. The molecule has 0 aliphatic carbocycles. The molecule has 1 aliphatic rings. The first-order chi connectivity index (χ1) is 13.6. The van der Waals surface area contributed by atoms with Crippen LogP contribution in [0.4, 0.5) is 0 Å². The molecule has 0 saturated heterocycles. The maximum atomic E-state index is 11.4. The molecule has 2 rings (SSSR count). The molecule has 0 aromatic heterocycles. The van der Waals surface area contributed by atoms with Gasteiger partial charge < -0.3 is 4.74 Å². The van der Waals surface area contributed by atoms with Crippen molar-refractivity contribution in [3.63, 3.8) is 0 Å². The van der Waals surface area contributed by atoms with Crippen LogP contribution in [0, 0.1) is 5.92 Å². The number of methoxy groups -OCH3 is 1. The Bertz CT molecular complexity index is 818. The third kappa shape index (κ3) is 7.49. The molecule has 0 N–H and O–H groups in total. The summed E-state index contributed by atoms with van der Waals surface area (Å²) in [5, 5.41) is 0.757. The van der Waals surface area contributed by atoms with E-state index in [1.807, 2.05) is 18.3 Å². The Hall–Kier alpha value is -2.72. The summed E-state index contributed by atoms with van der Waals surface area (Å²) in [5.41, 5.74) is 2.90. The number of rotatable bonds is 8. The molecule has 0 bridgehead atoms. The second kappa shape index (κ2) is 11.9. The molecule has 146 valence electrons. The number of nitrogens with zero attached hydrogens (tertiary/aromatic N) is 2. The summed E-state index contributed by atoms with van der Waals surface area (Å²) in [5.74, 6) is -0.0114. The Kier molecular flexibility index (Phi) is 9.16. The zero-order valence-electron chi connectivity index (χ0n) is 16.1. The van der Waals surface area contributed by atoms with Crippen molar-refractivity contribution in [1.82, 2.24) is 0 Å². The number of esters is 1. The third-order valence-corrected chi connectivity index (χ3v) is 4.61. The molecule has 5 heteroatoms. The third-order valence-electron chi connectivity index (χ3n) is 4.36. The van der Waals surface area contributed by atoms with Crippen LogP contribution in [0.1, 0.15) is 24.8 Å². The first-order valence-electron chi connectivity index (χ1n) is 9.22. The second-order valence-electron chi connectivity index (χ2n) is 6.33. The van der Waals surface area contributed by atoms with Crippen LogP contribution in [-0.2, 0) is 16.0 Å². The van der Waals surface area contributed by atoms with Crippen molar-refractivity contribution in [2.75, 3.05) is 7.11 Å². The lowest BCUT2D eigenvalue weighted by molar-refractivity contribution is -0.134. The molecule has 4 nitrogen and oxygen atoms in total. The molecule has 1 aliphatic heterocycles. The van der Waals surface area contributed by atoms with Crippen molar-refractivity contribution in [1.29, 1.82) is 0 Å². The van der Waals surface area contributed by atoms with Crippen LogP contribution in [0.15, 0.2) is 82.6 Å². The van der Waals surface area contributed by atoms with E-state index in [2.05, 4.69) is 39.5 Å². The fraction of sp³-hybridized carbons (Fsp3) is 0.261. The normalized spacial score (nSPS) is 17.6. The zero-order chi connectivity index (χ0) is 20.2. The highest BCUT2D eigenvalue weighted by Crippen LogP contribution is 2.23. The minimum absolute atomic E-state index is 0.400. The first-order valence-corrected chi connectivity index (χ1v) is 9.59. The van der Waals surface area contributed by atoms with Gasteiger partial charge in [-0.1, -0.05) is 36.4 Å². The molecule has 1 atom stereocenters. The van der Waals surface area contributed by atoms with Crippen LogP contribution >= 0.6 is 11.6 Å². The predicted molar refractivity (Wildman–Crippen MR) is 117 cm³/mol. The number of aliphatic imine (C=N–C) groups is 2. The van der Waals surface area contributed by atoms with Gasteiger partial charge in [0.2, 0.25) is 0 Å². The van der Waals surface area contributed by atoms with E-state index >= 15 is 0 Å². The van der Waals surface area contributed by atoms with Crippen LogP contribution in [0.25, 0.3) is 0 Å². The van der Waals surface area contributed by atoms with Crippen LogP contribution in [-0.4, -0.2) is 25.5 Å². The summed E-state index contributed by atoms with van der Waals surface area (Å²) in [7, 11) is 1.35. The largest absolute Gasteiger partial charge is 0.466 e. The van der Waals surface area contributed by atoms with Gasteiger partial charge in [0, 0.05) is 35.3 Å². The van der Waals surface area contributed by atoms with Crippen LogP contribution in [0.2, 0.25) is 5.02 Å². The average Bonchev–Trinajstić information content (AvgIpc) is 2.95. The maximum Gasteiger partial charge on any atom is 0.330 e. The molecular weight excluding hydrogens is 372 g/mol. The smallest absolute Gasteiger partial charge is 0.330 e. The number of carbonyl (C=O) groups is 1. The van der Waals surface area contributed by atoms with Gasteiger partial charge in [0.25, 0.3) is 0 Å². The van der Waals surface area contributed by atoms with Gasteiger partial charge in [0.15, 0.2) is 0 Å². The highest BCUT2D eigenvalue weighted by atomic mass is 35.5. The SMILES string of the molecule is C=CN=C/C=C(\C=C\C(=O)OC)C1=CCCC(CCc2ccc(Cl)cc2)C=N1. The van der Waals surface area contributed by atoms with Gasteiger partial charge in [-0.15, -0.1) is 0 Å². The summed E-state index contributed by atoms with van der Waals surface area (Å²) in [6.45, 7) is 3.56. The highest BCUT2D eigenvalue weighted by Gasteiger charge is 2.11. The monoisotopic (exact) mass is 396 g/mol. The Morgan fingerprint density at radius 2 is 2.14 bits per heavy atom. The Morgan fingerprint density at radius 3 is 2.86 bits per heavy atom. The van der Waals surface area contributed by atoms with Gasteiger partial charge >= 0.3 is 5.97 Å². The number of allylic oxidation sites excluding steroid dienone is 3. The number of halogens is 1. The van der Waals surface area contributed by atoms with Crippen molar-refractivity contribution in [3.05, 3.63) is 83.2 Å². The number of aryl methyl sites for hydroxylation is 1. The van der Waals surface area contributed by atoms with Crippen molar-refractivity contribution >= 4 is 30.0 Å². The molecule has 1 heterocycles. The molecule has 1 aromatic carbocycles. The standard InChI is InChI=1S/C23H25ClN2O2/c1-3-25-16-15-20(11-14-23(27)28-2)22-6-4-5-19(17-26-22)8-7-18-9-12-21(24)13-10-18/h3,6,9-17,19H,1,4-5,7-8H2,2H3/b14-11+,20-15+,25-16?. The Labute approximate surface area is 171 Å². The van der Waals surface area contributed by atoms with E-state index in [1.54, 1.807) is 18.4 Å². The van der Waals surface area contributed by atoms with Gasteiger partial charge in [-0.3, -0.25) is 9.98 Å². The summed E-state index contributed by atoms with van der Waals surface area (Å²) in [4.78, 5) is 20.1. The van der Waals surface area contributed by atoms with E-state index in [1.165, 1.54) is 24.9 Å². The molecule has 28 heavy (non-hydrogen) atoms. The predicted octanol–water partition coefficient (Wildman–Crippen LogP) is 5.51.